The molecule has 1 N–H and O–H groups in total. The van der Waals surface area contributed by atoms with Crippen LogP contribution in [0.25, 0.3) is 11.2 Å². The molecule has 1 fully saturated rings. The SMILES string of the molecule is Cn1c(=O)c2nc(CNCCCN3CCCCC3)nnc2n(Cc2cccnc2)c1=O. The van der Waals surface area contributed by atoms with Gasteiger partial charge >= 0.3 is 5.69 Å². The molecule has 1 aliphatic heterocycles. The first kappa shape index (κ1) is 21.3. The van der Waals surface area contributed by atoms with Crippen molar-refractivity contribution in [1.82, 2.24) is 39.5 Å². The second-order valence-corrected chi connectivity index (χ2v) is 7.93. The fraction of sp³-hybridized carbons (Fsp3) is 0.524. The van der Waals surface area contributed by atoms with E-state index in [9.17, 15) is 9.59 Å². The molecule has 10 nitrogen and oxygen atoms in total. The van der Waals surface area contributed by atoms with Crippen molar-refractivity contribution in [2.75, 3.05) is 26.2 Å². The zero-order valence-corrected chi connectivity index (χ0v) is 17.8. The molecule has 0 amide bonds. The highest BCUT2D eigenvalue weighted by atomic mass is 16.2. The maximum atomic E-state index is 12.7. The highest BCUT2D eigenvalue weighted by molar-refractivity contribution is 5.68. The molecule has 0 saturated carbocycles. The summed E-state index contributed by atoms with van der Waals surface area (Å²) in [4.78, 5) is 36.3. The Kier molecular flexibility index (Phi) is 6.78. The molecule has 0 aromatic carbocycles. The number of rotatable bonds is 8. The topological polar surface area (TPSA) is 111 Å². The second kappa shape index (κ2) is 9.88. The summed E-state index contributed by atoms with van der Waals surface area (Å²) in [6.07, 6.45) is 8.32. The van der Waals surface area contributed by atoms with Crippen LogP contribution in [0.4, 0.5) is 0 Å². The van der Waals surface area contributed by atoms with E-state index in [0.29, 0.717) is 12.4 Å². The maximum absolute atomic E-state index is 12.7. The molecule has 164 valence electrons. The van der Waals surface area contributed by atoms with Gasteiger partial charge in [-0.1, -0.05) is 12.5 Å². The van der Waals surface area contributed by atoms with Crippen LogP contribution < -0.4 is 16.6 Å². The fourth-order valence-corrected chi connectivity index (χ4v) is 3.90. The molecule has 3 aromatic heterocycles. The van der Waals surface area contributed by atoms with Gasteiger partial charge in [-0.25, -0.2) is 9.78 Å². The van der Waals surface area contributed by atoms with E-state index < -0.39 is 11.2 Å². The normalized spacial score (nSPS) is 14.9. The van der Waals surface area contributed by atoms with Gasteiger partial charge < -0.3 is 10.2 Å². The van der Waals surface area contributed by atoms with Crippen LogP contribution >= 0.6 is 0 Å². The van der Waals surface area contributed by atoms with Crippen LogP contribution in [0.5, 0.6) is 0 Å². The van der Waals surface area contributed by atoms with Crippen molar-refractivity contribution >= 4 is 11.2 Å². The van der Waals surface area contributed by atoms with Gasteiger partial charge in [0.05, 0.1) is 13.1 Å². The summed E-state index contributed by atoms with van der Waals surface area (Å²) in [5.74, 6) is 0.439. The van der Waals surface area contributed by atoms with Gasteiger partial charge in [0.15, 0.2) is 17.0 Å². The molecule has 0 spiro atoms. The predicted molar refractivity (Wildman–Crippen MR) is 117 cm³/mol. The third kappa shape index (κ3) is 5.02. The number of fused-ring (bicyclic) bond motifs is 1. The molecule has 0 bridgehead atoms. The number of nitrogens with zero attached hydrogens (tertiary/aromatic N) is 7. The highest BCUT2D eigenvalue weighted by Crippen LogP contribution is 2.08. The zero-order valence-electron chi connectivity index (χ0n) is 17.8. The average molecular weight is 425 g/mol. The van der Waals surface area contributed by atoms with Crippen LogP contribution in [0.2, 0.25) is 0 Å². The third-order valence-corrected chi connectivity index (χ3v) is 5.62. The summed E-state index contributed by atoms with van der Waals surface area (Å²) >= 11 is 0. The van der Waals surface area contributed by atoms with Crippen LogP contribution in [0.1, 0.15) is 37.1 Å². The Labute approximate surface area is 180 Å². The lowest BCUT2D eigenvalue weighted by molar-refractivity contribution is 0.225. The molecule has 0 aliphatic carbocycles. The van der Waals surface area contributed by atoms with Crippen molar-refractivity contribution in [3.05, 3.63) is 56.8 Å². The quantitative estimate of drug-likeness (QED) is 0.514. The van der Waals surface area contributed by atoms with E-state index in [-0.39, 0.29) is 17.7 Å². The predicted octanol–water partition coefficient (Wildman–Crippen LogP) is 0.294. The minimum Gasteiger partial charge on any atom is -0.310 e. The van der Waals surface area contributed by atoms with Crippen molar-refractivity contribution in [2.45, 2.75) is 38.8 Å². The van der Waals surface area contributed by atoms with E-state index in [4.69, 9.17) is 0 Å². The third-order valence-electron chi connectivity index (χ3n) is 5.62. The Morgan fingerprint density at radius 1 is 1.13 bits per heavy atom. The number of nitrogens with one attached hydrogen (secondary N) is 1. The summed E-state index contributed by atoms with van der Waals surface area (Å²) < 4.78 is 2.47. The monoisotopic (exact) mass is 424 g/mol. The molecule has 1 aliphatic rings. The van der Waals surface area contributed by atoms with Crippen molar-refractivity contribution in [3.63, 3.8) is 0 Å². The van der Waals surface area contributed by atoms with Crippen molar-refractivity contribution in [3.8, 4) is 0 Å². The molecule has 10 heteroatoms. The Bertz CT molecular complexity index is 1140. The van der Waals surface area contributed by atoms with Crippen molar-refractivity contribution < 1.29 is 0 Å². The molecule has 4 heterocycles. The van der Waals surface area contributed by atoms with Gasteiger partial charge in [-0.3, -0.25) is 18.9 Å². The average Bonchev–Trinajstić information content (AvgIpc) is 2.81. The largest absolute Gasteiger partial charge is 0.332 e. The molecule has 1 saturated heterocycles. The van der Waals surface area contributed by atoms with Crippen LogP contribution in [0, 0.1) is 0 Å². The molecule has 4 rings (SSSR count). The highest BCUT2D eigenvalue weighted by Gasteiger charge is 2.15. The zero-order chi connectivity index (χ0) is 21.6. The summed E-state index contributed by atoms with van der Waals surface area (Å²) in [6.45, 7) is 4.99. The van der Waals surface area contributed by atoms with Crippen LogP contribution in [-0.4, -0.2) is 60.4 Å². The molecule has 0 radical (unpaired) electrons. The first-order valence-corrected chi connectivity index (χ1v) is 10.8. The van der Waals surface area contributed by atoms with E-state index in [0.717, 1.165) is 29.6 Å². The van der Waals surface area contributed by atoms with E-state index in [2.05, 4.69) is 30.4 Å². The Morgan fingerprint density at radius 3 is 2.74 bits per heavy atom. The lowest BCUT2D eigenvalue weighted by atomic mass is 10.1. The van der Waals surface area contributed by atoms with Gasteiger partial charge in [-0.05, 0) is 57.1 Å². The number of hydrogen-bond acceptors (Lipinski definition) is 8. The van der Waals surface area contributed by atoms with E-state index in [1.54, 1.807) is 18.5 Å². The Morgan fingerprint density at radius 2 is 1.97 bits per heavy atom. The van der Waals surface area contributed by atoms with Gasteiger partial charge in [0.2, 0.25) is 0 Å². The number of aromatic nitrogens is 6. The van der Waals surface area contributed by atoms with Crippen LogP contribution in [0.3, 0.4) is 0 Å². The minimum absolute atomic E-state index is 0.145. The Balaban J connectivity index is 1.46. The lowest BCUT2D eigenvalue weighted by Gasteiger charge is -2.26. The second-order valence-electron chi connectivity index (χ2n) is 7.93. The van der Waals surface area contributed by atoms with E-state index in [1.807, 2.05) is 6.07 Å². The Hall–Kier alpha value is -2.98. The van der Waals surface area contributed by atoms with E-state index >= 15 is 0 Å². The van der Waals surface area contributed by atoms with Gasteiger partial charge in [0.25, 0.3) is 5.56 Å². The van der Waals surface area contributed by atoms with Gasteiger partial charge in [-0.15, -0.1) is 10.2 Å². The van der Waals surface area contributed by atoms with Gasteiger partial charge in [-0.2, -0.15) is 0 Å². The summed E-state index contributed by atoms with van der Waals surface area (Å²) in [5.41, 5.74) is 0.229. The smallest absolute Gasteiger partial charge is 0.310 e. The number of likely N-dealkylation sites (tertiary alicyclic amines) is 1. The first-order valence-electron chi connectivity index (χ1n) is 10.8. The molecule has 0 unspecified atom stereocenters. The van der Waals surface area contributed by atoms with Crippen molar-refractivity contribution in [2.24, 2.45) is 7.05 Å². The molecule has 0 atom stereocenters. The summed E-state index contributed by atoms with van der Waals surface area (Å²) in [5, 5.41) is 11.7. The number of hydrogen-bond donors (Lipinski definition) is 1. The van der Waals surface area contributed by atoms with Gasteiger partial charge in [0.1, 0.15) is 0 Å². The van der Waals surface area contributed by atoms with Gasteiger partial charge in [0, 0.05) is 19.4 Å². The molecule has 3 aromatic rings. The number of pyridine rings is 1. The lowest BCUT2D eigenvalue weighted by Crippen LogP contribution is -2.39. The molecular weight excluding hydrogens is 396 g/mol. The molecule has 31 heavy (non-hydrogen) atoms. The summed E-state index contributed by atoms with van der Waals surface area (Å²) in [7, 11) is 1.45. The van der Waals surface area contributed by atoms with Crippen LogP contribution in [-0.2, 0) is 20.1 Å². The number of piperidine rings is 1. The maximum Gasteiger partial charge on any atom is 0.332 e. The van der Waals surface area contributed by atoms with Crippen molar-refractivity contribution in [1.29, 1.82) is 0 Å². The first-order chi connectivity index (χ1) is 15.1. The fourth-order valence-electron chi connectivity index (χ4n) is 3.90. The summed E-state index contributed by atoms with van der Waals surface area (Å²) in [6, 6.07) is 3.66. The van der Waals surface area contributed by atoms with Crippen LogP contribution in [0.15, 0.2) is 34.1 Å². The van der Waals surface area contributed by atoms with E-state index in [1.165, 1.54) is 44.0 Å². The minimum atomic E-state index is -0.469. The molecular formula is C21H28N8O2. The standard InChI is InChI=1S/C21H28N8O2/c1-27-20(30)18-19(29(21(27)31)15-16-7-5-8-22-13-16)26-25-17(24-18)14-23-9-6-12-28-10-3-2-4-11-28/h5,7-8,13,23H,2-4,6,9-12,14-15H2,1H3.